The summed E-state index contributed by atoms with van der Waals surface area (Å²) < 4.78 is 5.56. The highest BCUT2D eigenvalue weighted by Crippen LogP contribution is 2.14. The van der Waals surface area contributed by atoms with Crippen molar-refractivity contribution in [2.24, 2.45) is 5.92 Å². The molecule has 1 aliphatic rings. The largest absolute Gasteiger partial charge is 0.382 e. The molecule has 0 aliphatic carbocycles. The summed E-state index contributed by atoms with van der Waals surface area (Å²) in [6.45, 7) is 6.41. The summed E-state index contributed by atoms with van der Waals surface area (Å²) in [5, 5.41) is 6.17. The average Bonchev–Trinajstić information content (AvgIpc) is 2.96. The van der Waals surface area contributed by atoms with Crippen molar-refractivity contribution in [3.8, 4) is 0 Å². The van der Waals surface area contributed by atoms with Gasteiger partial charge in [0.2, 0.25) is 0 Å². The van der Waals surface area contributed by atoms with Crippen molar-refractivity contribution in [3.63, 3.8) is 0 Å². The third kappa shape index (κ3) is 4.49. The van der Waals surface area contributed by atoms with E-state index in [0.29, 0.717) is 18.2 Å². The third-order valence-electron chi connectivity index (χ3n) is 3.22. The summed E-state index contributed by atoms with van der Waals surface area (Å²) in [6, 6.07) is 3.65. The van der Waals surface area contributed by atoms with Crippen molar-refractivity contribution in [1.82, 2.24) is 10.3 Å². The van der Waals surface area contributed by atoms with Crippen LogP contribution in [0, 0.1) is 5.92 Å². The van der Waals surface area contributed by atoms with Gasteiger partial charge in [0.25, 0.3) is 5.91 Å². The lowest BCUT2D eigenvalue weighted by Crippen LogP contribution is -2.28. The number of rotatable bonds is 6. The number of amides is 1. The van der Waals surface area contributed by atoms with Gasteiger partial charge in [0.05, 0.1) is 6.10 Å². The standard InChI is InChI=1S/C15H23N3O2/c1-11(2)9-18-15(19)14-8-12(5-6-16-14)17-10-13-4-3-7-20-13/h5-6,8,11,13H,3-4,7,9-10H2,1-2H3,(H,16,17)(H,18,19). The number of pyridine rings is 1. The fourth-order valence-corrected chi connectivity index (χ4v) is 2.09. The molecular formula is C15H23N3O2. The summed E-state index contributed by atoms with van der Waals surface area (Å²) in [4.78, 5) is 16.0. The van der Waals surface area contributed by atoms with Crippen molar-refractivity contribution in [2.75, 3.05) is 25.0 Å². The molecule has 1 fully saturated rings. The highest BCUT2D eigenvalue weighted by Gasteiger charge is 2.15. The van der Waals surface area contributed by atoms with Gasteiger partial charge in [-0.25, -0.2) is 0 Å². The quantitative estimate of drug-likeness (QED) is 0.835. The first-order chi connectivity index (χ1) is 9.65. The molecule has 2 N–H and O–H groups in total. The fourth-order valence-electron chi connectivity index (χ4n) is 2.09. The van der Waals surface area contributed by atoms with Crippen LogP contribution in [0.15, 0.2) is 18.3 Å². The SMILES string of the molecule is CC(C)CNC(=O)c1cc(NCC2CCCO2)ccn1. The summed E-state index contributed by atoms with van der Waals surface area (Å²) in [7, 11) is 0. The Hall–Kier alpha value is -1.62. The van der Waals surface area contributed by atoms with Gasteiger partial charge in [0, 0.05) is 31.6 Å². The van der Waals surface area contributed by atoms with Crippen LogP contribution in [0.1, 0.15) is 37.2 Å². The fraction of sp³-hybridized carbons (Fsp3) is 0.600. The maximum Gasteiger partial charge on any atom is 0.269 e. The minimum absolute atomic E-state index is 0.125. The number of nitrogens with one attached hydrogen (secondary N) is 2. The lowest BCUT2D eigenvalue weighted by molar-refractivity contribution is 0.0944. The maximum atomic E-state index is 11.9. The first-order valence-corrected chi connectivity index (χ1v) is 7.25. The molecule has 0 saturated carbocycles. The molecule has 0 bridgehead atoms. The highest BCUT2D eigenvalue weighted by molar-refractivity contribution is 5.93. The van der Waals surface area contributed by atoms with Gasteiger partial charge >= 0.3 is 0 Å². The van der Waals surface area contributed by atoms with E-state index in [2.05, 4.69) is 29.5 Å². The molecule has 1 saturated heterocycles. The summed E-state index contributed by atoms with van der Waals surface area (Å²) >= 11 is 0. The number of ether oxygens (including phenoxy) is 1. The second-order valence-electron chi connectivity index (χ2n) is 5.55. The van der Waals surface area contributed by atoms with Gasteiger partial charge in [0.1, 0.15) is 5.69 Å². The van der Waals surface area contributed by atoms with E-state index >= 15 is 0 Å². The van der Waals surface area contributed by atoms with E-state index in [1.807, 2.05) is 6.07 Å². The minimum Gasteiger partial charge on any atom is -0.382 e. The van der Waals surface area contributed by atoms with Crippen LogP contribution in [0.4, 0.5) is 5.69 Å². The van der Waals surface area contributed by atoms with Crippen molar-refractivity contribution >= 4 is 11.6 Å². The Labute approximate surface area is 120 Å². The van der Waals surface area contributed by atoms with Crippen LogP contribution < -0.4 is 10.6 Å². The zero-order chi connectivity index (χ0) is 14.4. The number of aromatic nitrogens is 1. The number of hydrogen-bond acceptors (Lipinski definition) is 4. The van der Waals surface area contributed by atoms with Crippen molar-refractivity contribution < 1.29 is 9.53 Å². The molecule has 2 heterocycles. The third-order valence-corrected chi connectivity index (χ3v) is 3.22. The lowest BCUT2D eigenvalue weighted by atomic mass is 10.2. The average molecular weight is 277 g/mol. The number of anilines is 1. The summed E-state index contributed by atoms with van der Waals surface area (Å²) in [5.41, 5.74) is 1.35. The van der Waals surface area contributed by atoms with Crippen LogP contribution in [0.3, 0.4) is 0 Å². The molecule has 1 aromatic rings. The van der Waals surface area contributed by atoms with Crippen LogP contribution in [0.2, 0.25) is 0 Å². The van der Waals surface area contributed by atoms with Crippen LogP contribution in [-0.4, -0.2) is 36.7 Å². The zero-order valence-electron chi connectivity index (χ0n) is 12.2. The molecule has 1 amide bonds. The highest BCUT2D eigenvalue weighted by atomic mass is 16.5. The van der Waals surface area contributed by atoms with Crippen LogP contribution >= 0.6 is 0 Å². The molecule has 0 radical (unpaired) electrons. The first kappa shape index (κ1) is 14.8. The molecule has 0 spiro atoms. The maximum absolute atomic E-state index is 11.9. The number of carbonyl (C=O) groups is 1. The molecule has 1 aliphatic heterocycles. The smallest absolute Gasteiger partial charge is 0.269 e. The predicted molar refractivity (Wildman–Crippen MR) is 78.9 cm³/mol. The van der Waals surface area contributed by atoms with Crippen molar-refractivity contribution in [1.29, 1.82) is 0 Å². The molecule has 2 rings (SSSR count). The summed E-state index contributed by atoms with van der Waals surface area (Å²) in [5.74, 6) is 0.305. The normalized spacial score (nSPS) is 18.2. The van der Waals surface area contributed by atoms with E-state index in [1.165, 1.54) is 0 Å². The Bertz CT molecular complexity index is 442. The molecule has 1 unspecified atom stereocenters. The van der Waals surface area contributed by atoms with E-state index in [0.717, 1.165) is 31.7 Å². The Morgan fingerprint density at radius 3 is 3.10 bits per heavy atom. The minimum atomic E-state index is -0.125. The zero-order valence-corrected chi connectivity index (χ0v) is 12.2. The van der Waals surface area contributed by atoms with E-state index in [-0.39, 0.29) is 12.0 Å². The molecule has 1 aromatic heterocycles. The molecular weight excluding hydrogens is 254 g/mol. The van der Waals surface area contributed by atoms with Gasteiger partial charge in [0.15, 0.2) is 0 Å². The number of hydrogen-bond donors (Lipinski definition) is 2. The Morgan fingerprint density at radius 1 is 1.55 bits per heavy atom. The van der Waals surface area contributed by atoms with E-state index in [9.17, 15) is 4.79 Å². The van der Waals surface area contributed by atoms with Gasteiger partial charge < -0.3 is 15.4 Å². The van der Waals surface area contributed by atoms with Gasteiger partial charge in [-0.3, -0.25) is 9.78 Å². The number of nitrogens with zero attached hydrogens (tertiary/aromatic N) is 1. The van der Waals surface area contributed by atoms with Crippen molar-refractivity contribution in [2.45, 2.75) is 32.8 Å². The summed E-state index contributed by atoms with van der Waals surface area (Å²) in [6.07, 6.45) is 4.16. The van der Waals surface area contributed by atoms with Crippen LogP contribution in [0.25, 0.3) is 0 Å². The molecule has 5 nitrogen and oxygen atoms in total. The Balaban J connectivity index is 1.87. The van der Waals surface area contributed by atoms with Gasteiger partial charge in [-0.1, -0.05) is 13.8 Å². The second kappa shape index (κ2) is 7.24. The van der Waals surface area contributed by atoms with Crippen LogP contribution in [-0.2, 0) is 4.74 Å². The molecule has 110 valence electrons. The predicted octanol–water partition coefficient (Wildman–Crippen LogP) is 2.06. The van der Waals surface area contributed by atoms with Crippen LogP contribution in [0.5, 0.6) is 0 Å². The number of carbonyl (C=O) groups excluding carboxylic acids is 1. The second-order valence-corrected chi connectivity index (χ2v) is 5.55. The topological polar surface area (TPSA) is 63.2 Å². The first-order valence-electron chi connectivity index (χ1n) is 7.25. The van der Waals surface area contributed by atoms with E-state index in [1.54, 1.807) is 12.3 Å². The van der Waals surface area contributed by atoms with Crippen molar-refractivity contribution in [3.05, 3.63) is 24.0 Å². The molecule has 5 heteroatoms. The molecule has 20 heavy (non-hydrogen) atoms. The molecule has 0 aromatic carbocycles. The lowest BCUT2D eigenvalue weighted by Gasteiger charge is -2.12. The van der Waals surface area contributed by atoms with Gasteiger partial charge in [-0.05, 0) is 30.9 Å². The van der Waals surface area contributed by atoms with Gasteiger partial charge in [-0.2, -0.15) is 0 Å². The Morgan fingerprint density at radius 2 is 2.40 bits per heavy atom. The van der Waals surface area contributed by atoms with E-state index in [4.69, 9.17) is 4.74 Å². The van der Waals surface area contributed by atoms with Gasteiger partial charge in [-0.15, -0.1) is 0 Å². The Kier molecular flexibility index (Phi) is 5.35. The molecule has 1 atom stereocenters. The van der Waals surface area contributed by atoms with E-state index < -0.39 is 0 Å². The monoisotopic (exact) mass is 277 g/mol.